The van der Waals surface area contributed by atoms with Crippen LogP contribution in [-0.2, 0) is 31.9 Å². The van der Waals surface area contributed by atoms with Crippen molar-refractivity contribution in [1.82, 2.24) is 0 Å². The van der Waals surface area contributed by atoms with Gasteiger partial charge in [-0.25, -0.2) is 0 Å². The average Bonchev–Trinajstić information content (AvgIpc) is 2.95. The summed E-state index contributed by atoms with van der Waals surface area (Å²) in [6, 6.07) is 1.57. The van der Waals surface area contributed by atoms with E-state index in [4.69, 9.17) is 9.47 Å². The molecular weight excluding hydrogens is 608 g/mol. The minimum absolute atomic E-state index is 0.0314. The van der Waals surface area contributed by atoms with Crippen molar-refractivity contribution in [3.05, 3.63) is 85.7 Å². The number of benzene rings is 2. The first-order valence-corrected chi connectivity index (χ1v) is 14.2. The van der Waals surface area contributed by atoms with Gasteiger partial charge < -0.3 is 40.1 Å². The van der Waals surface area contributed by atoms with E-state index in [1.54, 1.807) is 0 Å². The highest BCUT2D eigenvalue weighted by atomic mass is 16.5. The number of fused-ring (bicyclic) bond motifs is 3. The number of ether oxygens (including phenoxy) is 2. The zero-order chi connectivity index (χ0) is 33.5. The largest absolute Gasteiger partial charge is 0.507 e. The molecule has 46 heavy (non-hydrogen) atoms. The van der Waals surface area contributed by atoms with E-state index in [1.165, 1.54) is 13.8 Å². The van der Waals surface area contributed by atoms with Gasteiger partial charge in [0.05, 0.1) is 58.5 Å². The van der Waals surface area contributed by atoms with Crippen LogP contribution in [0.25, 0.3) is 21.9 Å². The van der Waals surface area contributed by atoms with Crippen LogP contribution in [0.2, 0.25) is 0 Å². The third kappa shape index (κ3) is 4.48. The highest BCUT2D eigenvalue weighted by molar-refractivity contribution is 6.07. The molecule has 238 valence electrons. The Labute approximate surface area is 256 Å². The number of carbonyl (C=O) groups is 2. The van der Waals surface area contributed by atoms with Gasteiger partial charge in [0, 0.05) is 46.2 Å². The van der Waals surface area contributed by atoms with Gasteiger partial charge in [0.1, 0.15) is 23.0 Å². The number of aromatic hydroxyl groups is 4. The van der Waals surface area contributed by atoms with Gasteiger partial charge in [-0.3, -0.25) is 28.8 Å². The number of aliphatic carboxylic acids is 2. The zero-order valence-electron chi connectivity index (χ0n) is 24.2. The van der Waals surface area contributed by atoms with Crippen LogP contribution in [0.1, 0.15) is 61.2 Å². The SMILES string of the molecule is C[C@H]1O[C@@H](CC(=O)O)Cc2c1c(O)c1c(O)cc(-c3cc(=O)c4c(=O)c5c(c(=O)c=4c3=O)C[C@H](CC(=O)O)O[C@@H]5C)c(O)c1c2O. The minimum Gasteiger partial charge on any atom is -0.507 e. The summed E-state index contributed by atoms with van der Waals surface area (Å²) in [5.74, 6) is -5.20. The van der Waals surface area contributed by atoms with Gasteiger partial charge in [-0.1, -0.05) is 0 Å². The second-order valence-corrected chi connectivity index (χ2v) is 11.6. The molecule has 2 heterocycles. The molecule has 0 saturated carbocycles. The minimum atomic E-state index is -1.22. The van der Waals surface area contributed by atoms with Crippen molar-refractivity contribution in [2.24, 2.45) is 0 Å². The van der Waals surface area contributed by atoms with Crippen LogP contribution in [0.5, 0.6) is 23.0 Å². The molecule has 14 nitrogen and oxygen atoms in total. The summed E-state index contributed by atoms with van der Waals surface area (Å²) in [6.07, 6.45) is -5.29. The first-order valence-electron chi connectivity index (χ1n) is 14.2. The lowest BCUT2D eigenvalue weighted by atomic mass is 9.86. The molecule has 14 heteroatoms. The molecule has 2 aliphatic carbocycles. The molecule has 0 bridgehead atoms. The quantitative estimate of drug-likeness (QED) is 0.170. The fourth-order valence-electron chi connectivity index (χ4n) is 6.89. The summed E-state index contributed by atoms with van der Waals surface area (Å²) in [7, 11) is 0. The fourth-order valence-corrected chi connectivity index (χ4v) is 6.89. The molecule has 0 fully saturated rings. The Balaban J connectivity index is 1.63. The summed E-state index contributed by atoms with van der Waals surface area (Å²) in [6.45, 7) is 2.92. The lowest BCUT2D eigenvalue weighted by molar-refractivity contribution is -0.143. The number of carboxylic acid groups (broad SMARTS) is 2. The van der Waals surface area contributed by atoms with Gasteiger partial charge in [0.15, 0.2) is 21.7 Å². The molecule has 4 aliphatic rings. The lowest BCUT2D eigenvalue weighted by Gasteiger charge is -2.31. The Morgan fingerprint density at radius 2 is 1.24 bits per heavy atom. The predicted octanol–water partition coefficient (Wildman–Crippen LogP) is 1.32. The lowest BCUT2D eigenvalue weighted by Crippen LogP contribution is -2.40. The van der Waals surface area contributed by atoms with Crippen molar-refractivity contribution in [2.75, 3.05) is 0 Å². The van der Waals surface area contributed by atoms with Gasteiger partial charge in [0.2, 0.25) is 0 Å². The van der Waals surface area contributed by atoms with E-state index >= 15 is 0 Å². The van der Waals surface area contributed by atoms with Crippen LogP contribution in [0.3, 0.4) is 0 Å². The number of hydrogen-bond acceptors (Lipinski definition) is 12. The van der Waals surface area contributed by atoms with E-state index in [0.29, 0.717) is 6.07 Å². The van der Waals surface area contributed by atoms with Crippen molar-refractivity contribution < 1.29 is 49.7 Å². The van der Waals surface area contributed by atoms with E-state index in [9.17, 15) is 59.4 Å². The molecule has 0 unspecified atom stereocenters. The van der Waals surface area contributed by atoms with Gasteiger partial charge in [-0.05, 0) is 26.0 Å². The van der Waals surface area contributed by atoms with Crippen LogP contribution in [0.15, 0.2) is 31.3 Å². The molecule has 0 amide bonds. The monoisotopic (exact) mass is 634 g/mol. The van der Waals surface area contributed by atoms with Gasteiger partial charge in [0.25, 0.3) is 0 Å². The second kappa shape index (κ2) is 10.6. The van der Waals surface area contributed by atoms with Crippen LogP contribution >= 0.6 is 0 Å². The number of hydrogen-bond donors (Lipinski definition) is 6. The summed E-state index contributed by atoms with van der Waals surface area (Å²) >= 11 is 0. The van der Waals surface area contributed by atoms with Crippen LogP contribution in [0.4, 0.5) is 0 Å². The van der Waals surface area contributed by atoms with Crippen molar-refractivity contribution in [3.8, 4) is 34.1 Å². The maximum atomic E-state index is 13.9. The fraction of sp³-hybridized carbons (Fsp3) is 0.312. The normalized spacial score (nSPS) is 20.8. The van der Waals surface area contributed by atoms with Crippen LogP contribution in [-0.4, -0.2) is 54.8 Å². The maximum absolute atomic E-state index is 13.9. The van der Waals surface area contributed by atoms with E-state index in [2.05, 4.69) is 0 Å². The van der Waals surface area contributed by atoms with Crippen molar-refractivity contribution in [3.63, 3.8) is 0 Å². The highest BCUT2D eigenvalue weighted by Crippen LogP contribution is 2.53. The predicted molar refractivity (Wildman–Crippen MR) is 157 cm³/mol. The molecule has 6 N–H and O–H groups in total. The smallest absolute Gasteiger partial charge is 0.305 e. The Bertz CT molecular complexity index is 2300. The van der Waals surface area contributed by atoms with E-state index < -0.39 is 126 Å². The number of phenolic OH excluding ortho intramolecular Hbond substituents is 4. The Kier molecular flexibility index (Phi) is 7.09. The topological polar surface area (TPSA) is 242 Å². The van der Waals surface area contributed by atoms with Crippen molar-refractivity contribution in [2.45, 2.75) is 63.9 Å². The van der Waals surface area contributed by atoms with Crippen LogP contribution in [0, 0.1) is 10.4 Å². The molecule has 0 aromatic heterocycles. The van der Waals surface area contributed by atoms with Gasteiger partial charge in [-0.2, -0.15) is 0 Å². The molecular formula is C32H26O14. The van der Waals surface area contributed by atoms with Gasteiger partial charge >= 0.3 is 11.9 Å². The standard InChI is InChI=1S/C32H26O14/c1-9-21-15(3-11(45-9)5-19(35)36)29(41)25-23(31(21)43)17(33)7-13(27(25)39)14-8-18(34)24-26(28(14)40)30(42)16-4-12(6-20(37)38)46-10(2)22(16)32(24)44/h7-12,33,39,41,43H,3-6H2,1-2H3,(H,35,36)(H,37,38)/t9-,10-,11-,12-/m1/s1. The second-order valence-electron chi connectivity index (χ2n) is 11.6. The molecule has 0 spiro atoms. The van der Waals surface area contributed by atoms with E-state index in [-0.39, 0.29) is 35.1 Å². The molecule has 2 aromatic carbocycles. The first-order chi connectivity index (χ1) is 21.6. The molecule has 2 aliphatic heterocycles. The molecule has 0 saturated heterocycles. The summed E-state index contributed by atoms with van der Waals surface area (Å²) in [5, 5.41) is 60.9. The Morgan fingerprint density at radius 3 is 1.83 bits per heavy atom. The third-order valence-electron chi connectivity index (χ3n) is 8.72. The third-order valence-corrected chi connectivity index (χ3v) is 8.72. The average molecular weight is 635 g/mol. The van der Waals surface area contributed by atoms with E-state index in [0.717, 1.165) is 6.07 Å². The van der Waals surface area contributed by atoms with Crippen LogP contribution < -0.4 is 21.7 Å². The highest BCUT2D eigenvalue weighted by Gasteiger charge is 2.36. The zero-order valence-corrected chi connectivity index (χ0v) is 24.2. The van der Waals surface area contributed by atoms with Crippen molar-refractivity contribution >= 4 is 22.7 Å². The molecule has 4 atom stereocenters. The molecule has 0 radical (unpaired) electrons. The summed E-state index contributed by atoms with van der Waals surface area (Å²) in [5.41, 5.74) is -5.43. The summed E-state index contributed by atoms with van der Waals surface area (Å²) in [4.78, 5) is 77.0. The Hall–Kier alpha value is -5.34. The molecule has 2 aromatic rings. The number of phenols is 4. The molecule has 6 rings (SSSR count). The number of carboxylic acids is 2. The van der Waals surface area contributed by atoms with Crippen molar-refractivity contribution in [1.29, 1.82) is 0 Å². The van der Waals surface area contributed by atoms with Gasteiger partial charge in [-0.15, -0.1) is 0 Å². The van der Waals surface area contributed by atoms with E-state index in [1.807, 2.05) is 0 Å². The first kappa shape index (κ1) is 30.7. The Morgan fingerprint density at radius 1 is 0.674 bits per heavy atom. The number of rotatable bonds is 5. The maximum Gasteiger partial charge on any atom is 0.305 e. The summed E-state index contributed by atoms with van der Waals surface area (Å²) < 4.78 is 11.3.